The van der Waals surface area contributed by atoms with Gasteiger partial charge in [0.2, 0.25) is 0 Å². The molecule has 1 N–H and O–H groups in total. The molecular formula is C19H40NO2+. The highest BCUT2D eigenvalue weighted by Gasteiger charge is 2.24. The molecule has 0 aliphatic heterocycles. The van der Waals surface area contributed by atoms with Crippen LogP contribution < -0.4 is 0 Å². The van der Waals surface area contributed by atoms with Crippen molar-refractivity contribution in [3.8, 4) is 0 Å². The van der Waals surface area contributed by atoms with Crippen LogP contribution in [0.4, 0.5) is 0 Å². The summed E-state index contributed by atoms with van der Waals surface area (Å²) >= 11 is 0. The number of carbonyl (C=O) groups is 1. The van der Waals surface area contributed by atoms with Gasteiger partial charge in [0, 0.05) is 5.57 Å². The molecule has 0 heterocycles. The molecule has 0 spiro atoms. The number of aliphatic carboxylic acids is 1. The number of carboxylic acid groups (broad SMARTS) is 1. The Morgan fingerprint density at radius 1 is 0.818 bits per heavy atom. The zero-order valence-corrected chi connectivity index (χ0v) is 15.8. The second-order valence-corrected chi connectivity index (χ2v) is 6.38. The van der Waals surface area contributed by atoms with Crippen LogP contribution in [0, 0.1) is 0 Å². The lowest BCUT2D eigenvalue weighted by molar-refractivity contribution is -0.928. The quantitative estimate of drug-likeness (QED) is 0.394. The van der Waals surface area contributed by atoms with Crippen molar-refractivity contribution in [3.05, 3.63) is 12.2 Å². The fraction of sp³-hybridized carbons (Fsp3) is 0.842. The van der Waals surface area contributed by atoms with Crippen molar-refractivity contribution in [2.24, 2.45) is 0 Å². The number of carboxylic acids is 1. The summed E-state index contributed by atoms with van der Waals surface area (Å²) in [6, 6.07) is 0. The van der Waals surface area contributed by atoms with Gasteiger partial charge in [-0.2, -0.15) is 0 Å². The molecule has 0 aromatic heterocycles. The van der Waals surface area contributed by atoms with Crippen LogP contribution in [0.1, 0.15) is 79.6 Å². The van der Waals surface area contributed by atoms with Crippen molar-refractivity contribution < 1.29 is 14.4 Å². The van der Waals surface area contributed by atoms with Crippen LogP contribution >= 0.6 is 0 Å². The number of unbranched alkanes of at least 4 members (excludes halogenated alkanes) is 3. The minimum absolute atomic E-state index is 0.176. The van der Waals surface area contributed by atoms with Crippen LogP contribution in [0.2, 0.25) is 0 Å². The van der Waals surface area contributed by atoms with Crippen molar-refractivity contribution in [1.82, 2.24) is 0 Å². The minimum atomic E-state index is -0.935. The lowest BCUT2D eigenvalue weighted by atomic mass is 10.1. The molecule has 132 valence electrons. The molecule has 0 atom stereocenters. The summed E-state index contributed by atoms with van der Waals surface area (Å²) in [4.78, 5) is 9.60. The molecule has 22 heavy (non-hydrogen) atoms. The summed E-state index contributed by atoms with van der Waals surface area (Å²) in [5, 5.41) is 7.89. The molecule has 0 rings (SSSR count). The third-order valence-electron chi connectivity index (χ3n) is 4.02. The van der Waals surface area contributed by atoms with E-state index in [1.165, 1.54) is 82.5 Å². The van der Waals surface area contributed by atoms with Crippen LogP contribution in [0.25, 0.3) is 0 Å². The highest BCUT2D eigenvalue weighted by atomic mass is 16.4. The Kier molecular flexibility index (Phi) is 16.1. The van der Waals surface area contributed by atoms with Crippen molar-refractivity contribution in [1.29, 1.82) is 0 Å². The average molecular weight is 315 g/mol. The molecule has 0 aromatic carbocycles. The molecular weight excluding hydrogens is 274 g/mol. The van der Waals surface area contributed by atoms with E-state index < -0.39 is 5.97 Å². The Balaban J connectivity index is 0. The second kappa shape index (κ2) is 15.1. The number of hydrogen-bond donors (Lipinski definition) is 1. The standard InChI is InChI=1S/C15H34N.C4H6O2/c1-5-9-13-16(12-8-4,14-10-6-2)15-11-7-3;1-3(2)4(5)6/h5-15H2,1-4H3;1H2,2H3,(H,5,6)/q+1;. The Hall–Kier alpha value is -0.830. The molecule has 0 amide bonds. The fourth-order valence-electron chi connectivity index (χ4n) is 2.63. The Morgan fingerprint density at radius 2 is 1.14 bits per heavy atom. The fourth-order valence-corrected chi connectivity index (χ4v) is 2.63. The molecule has 3 nitrogen and oxygen atoms in total. The van der Waals surface area contributed by atoms with Gasteiger partial charge in [-0.25, -0.2) is 4.79 Å². The van der Waals surface area contributed by atoms with E-state index in [-0.39, 0.29) is 5.57 Å². The first-order valence-corrected chi connectivity index (χ1v) is 9.12. The highest BCUT2D eigenvalue weighted by molar-refractivity contribution is 5.84. The third kappa shape index (κ3) is 12.9. The molecule has 0 aromatic rings. The van der Waals surface area contributed by atoms with Crippen LogP contribution in [0.15, 0.2) is 12.2 Å². The first-order valence-electron chi connectivity index (χ1n) is 9.12. The summed E-state index contributed by atoms with van der Waals surface area (Å²) in [6.45, 7) is 19.6. The number of rotatable bonds is 12. The van der Waals surface area contributed by atoms with E-state index in [9.17, 15) is 4.79 Å². The number of quaternary nitrogens is 1. The van der Waals surface area contributed by atoms with Crippen LogP contribution in [-0.4, -0.2) is 41.7 Å². The predicted octanol–water partition coefficient (Wildman–Crippen LogP) is 5.26. The topological polar surface area (TPSA) is 37.3 Å². The molecule has 0 fully saturated rings. The van der Waals surface area contributed by atoms with E-state index in [1.807, 2.05) is 0 Å². The SMILES string of the molecule is C=C(C)C(=O)O.CCCC[N+](CCC)(CCCC)CCCC. The summed E-state index contributed by atoms with van der Waals surface area (Å²) in [7, 11) is 0. The van der Waals surface area contributed by atoms with Gasteiger partial charge in [0.1, 0.15) is 0 Å². The molecule has 0 aliphatic carbocycles. The molecule has 0 aliphatic rings. The van der Waals surface area contributed by atoms with Gasteiger partial charge < -0.3 is 9.59 Å². The van der Waals surface area contributed by atoms with Gasteiger partial charge in [0.15, 0.2) is 0 Å². The third-order valence-corrected chi connectivity index (χ3v) is 4.02. The van der Waals surface area contributed by atoms with Crippen molar-refractivity contribution >= 4 is 5.97 Å². The largest absolute Gasteiger partial charge is 0.478 e. The molecule has 0 bridgehead atoms. The Labute approximate surface area is 139 Å². The lowest BCUT2D eigenvalue weighted by Gasteiger charge is -2.39. The zero-order valence-electron chi connectivity index (χ0n) is 15.8. The monoisotopic (exact) mass is 314 g/mol. The van der Waals surface area contributed by atoms with Gasteiger partial charge in [0.05, 0.1) is 26.2 Å². The maximum absolute atomic E-state index is 9.60. The van der Waals surface area contributed by atoms with Gasteiger partial charge in [-0.3, -0.25) is 0 Å². The van der Waals surface area contributed by atoms with Crippen molar-refractivity contribution in [3.63, 3.8) is 0 Å². The first-order chi connectivity index (χ1) is 10.4. The van der Waals surface area contributed by atoms with Gasteiger partial charge in [-0.15, -0.1) is 0 Å². The maximum Gasteiger partial charge on any atom is 0.330 e. The van der Waals surface area contributed by atoms with Crippen LogP contribution in [0.5, 0.6) is 0 Å². The van der Waals surface area contributed by atoms with Crippen molar-refractivity contribution in [2.45, 2.75) is 79.6 Å². The summed E-state index contributed by atoms with van der Waals surface area (Å²) < 4.78 is 1.41. The normalized spacial score (nSPS) is 10.8. The molecule has 0 saturated heterocycles. The van der Waals surface area contributed by atoms with Crippen LogP contribution in [0.3, 0.4) is 0 Å². The highest BCUT2D eigenvalue weighted by Crippen LogP contribution is 2.15. The van der Waals surface area contributed by atoms with Crippen LogP contribution in [-0.2, 0) is 4.79 Å². The maximum atomic E-state index is 9.60. The molecule has 3 heteroatoms. The molecule has 0 saturated carbocycles. The molecule has 0 radical (unpaired) electrons. The predicted molar refractivity (Wildman–Crippen MR) is 97.2 cm³/mol. The summed E-state index contributed by atoms with van der Waals surface area (Å²) in [5.74, 6) is -0.935. The second-order valence-electron chi connectivity index (χ2n) is 6.38. The zero-order chi connectivity index (χ0) is 17.4. The van der Waals surface area contributed by atoms with E-state index in [2.05, 4.69) is 34.3 Å². The number of nitrogens with zero attached hydrogens (tertiary/aromatic N) is 1. The van der Waals surface area contributed by atoms with Gasteiger partial charge in [0.25, 0.3) is 0 Å². The Bertz CT molecular complexity index is 253. The van der Waals surface area contributed by atoms with E-state index >= 15 is 0 Å². The van der Waals surface area contributed by atoms with Crippen molar-refractivity contribution in [2.75, 3.05) is 26.2 Å². The van der Waals surface area contributed by atoms with E-state index in [0.717, 1.165) is 0 Å². The van der Waals surface area contributed by atoms with E-state index in [1.54, 1.807) is 0 Å². The summed E-state index contributed by atoms with van der Waals surface area (Å²) in [6.07, 6.45) is 9.62. The smallest absolute Gasteiger partial charge is 0.330 e. The molecule has 0 unspecified atom stereocenters. The minimum Gasteiger partial charge on any atom is -0.478 e. The van der Waals surface area contributed by atoms with E-state index in [4.69, 9.17) is 5.11 Å². The van der Waals surface area contributed by atoms with Gasteiger partial charge >= 0.3 is 5.97 Å². The first kappa shape index (κ1) is 23.4. The van der Waals surface area contributed by atoms with E-state index in [0.29, 0.717) is 0 Å². The summed E-state index contributed by atoms with van der Waals surface area (Å²) in [5.41, 5.74) is 0.176. The number of hydrogen-bond acceptors (Lipinski definition) is 1. The lowest BCUT2D eigenvalue weighted by Crippen LogP contribution is -2.50. The van der Waals surface area contributed by atoms with Gasteiger partial charge in [-0.1, -0.05) is 53.5 Å². The average Bonchev–Trinajstić information content (AvgIpc) is 2.49. The van der Waals surface area contributed by atoms with Gasteiger partial charge in [-0.05, 0) is 32.6 Å². The Morgan fingerprint density at radius 3 is 1.32 bits per heavy atom.